The van der Waals surface area contributed by atoms with Crippen molar-refractivity contribution in [2.45, 2.75) is 19.3 Å². The van der Waals surface area contributed by atoms with E-state index in [1.54, 1.807) is 11.8 Å². The Labute approximate surface area is 109 Å². The summed E-state index contributed by atoms with van der Waals surface area (Å²) in [7, 11) is 0. The van der Waals surface area contributed by atoms with Crippen LogP contribution in [0.3, 0.4) is 0 Å². The topological polar surface area (TPSA) is 92.4 Å². The van der Waals surface area contributed by atoms with Crippen LogP contribution in [0.5, 0.6) is 0 Å². The van der Waals surface area contributed by atoms with Crippen LogP contribution in [0.1, 0.15) is 40.3 Å². The Hall–Kier alpha value is -1.50. The van der Waals surface area contributed by atoms with Gasteiger partial charge in [-0.05, 0) is 24.9 Å². The van der Waals surface area contributed by atoms with E-state index in [1.807, 2.05) is 0 Å². The van der Waals surface area contributed by atoms with Gasteiger partial charge < -0.3 is 14.9 Å². The van der Waals surface area contributed by atoms with E-state index in [4.69, 9.17) is 5.11 Å². The van der Waals surface area contributed by atoms with Crippen molar-refractivity contribution in [2.75, 3.05) is 18.6 Å². The van der Waals surface area contributed by atoms with E-state index >= 15 is 0 Å². The van der Waals surface area contributed by atoms with Gasteiger partial charge in [0, 0.05) is 12.6 Å². The Kier molecular flexibility index (Phi) is 6.27. The molecule has 0 saturated carbocycles. The summed E-state index contributed by atoms with van der Waals surface area (Å²) in [5.74, 6) is -0.853. The summed E-state index contributed by atoms with van der Waals surface area (Å²) in [6.07, 6.45) is 5.15. The molecule has 1 heterocycles. The smallest absolute Gasteiger partial charge is 0.374 e. The molecule has 0 aliphatic heterocycles. The predicted octanol–water partition coefficient (Wildman–Crippen LogP) is 1.64. The van der Waals surface area contributed by atoms with Gasteiger partial charge >= 0.3 is 5.97 Å². The summed E-state index contributed by atoms with van der Waals surface area (Å²) in [5, 5.41) is 14.7. The van der Waals surface area contributed by atoms with E-state index in [0.29, 0.717) is 6.54 Å². The molecule has 0 atom stereocenters. The second-order valence-corrected chi connectivity index (χ2v) is 4.68. The molecule has 1 rings (SSSR count). The molecule has 6 nitrogen and oxygen atoms in total. The molecule has 0 aliphatic rings. The van der Waals surface area contributed by atoms with Gasteiger partial charge in [-0.25, -0.2) is 4.79 Å². The van der Waals surface area contributed by atoms with Gasteiger partial charge in [0.2, 0.25) is 5.76 Å². The fraction of sp³-hybridized carbons (Fsp3) is 0.545. The minimum absolute atomic E-state index is 0.00323. The first-order valence-corrected chi connectivity index (χ1v) is 7.01. The average molecular weight is 272 g/mol. The van der Waals surface area contributed by atoms with Crippen molar-refractivity contribution in [3.05, 3.63) is 17.5 Å². The minimum atomic E-state index is -1.24. The van der Waals surface area contributed by atoms with E-state index in [2.05, 4.69) is 21.3 Å². The molecule has 7 heteroatoms. The molecular weight excluding hydrogens is 256 g/mol. The highest BCUT2D eigenvalue weighted by Gasteiger charge is 2.15. The zero-order valence-corrected chi connectivity index (χ0v) is 11.0. The van der Waals surface area contributed by atoms with Crippen molar-refractivity contribution >= 4 is 23.6 Å². The van der Waals surface area contributed by atoms with Gasteiger partial charge in [-0.15, -0.1) is 0 Å². The van der Waals surface area contributed by atoms with Crippen LogP contribution in [0.15, 0.2) is 10.6 Å². The van der Waals surface area contributed by atoms with Gasteiger partial charge in [0.15, 0.2) is 5.69 Å². The number of hydrogen-bond donors (Lipinski definition) is 2. The molecule has 2 N–H and O–H groups in total. The van der Waals surface area contributed by atoms with Gasteiger partial charge in [-0.1, -0.05) is 11.6 Å². The van der Waals surface area contributed by atoms with Gasteiger partial charge in [0.05, 0.1) is 0 Å². The van der Waals surface area contributed by atoms with Crippen molar-refractivity contribution in [3.63, 3.8) is 0 Å². The Morgan fingerprint density at radius 3 is 2.83 bits per heavy atom. The molecule has 0 aromatic carbocycles. The van der Waals surface area contributed by atoms with Crippen molar-refractivity contribution in [3.8, 4) is 0 Å². The van der Waals surface area contributed by atoms with Gasteiger partial charge in [0.25, 0.3) is 5.91 Å². The molecule has 0 spiro atoms. The van der Waals surface area contributed by atoms with E-state index in [9.17, 15) is 9.59 Å². The number of unbranched alkanes of at least 4 members (excludes halogenated alkanes) is 2. The largest absolute Gasteiger partial charge is 0.475 e. The van der Waals surface area contributed by atoms with Crippen molar-refractivity contribution in [1.29, 1.82) is 0 Å². The number of aromatic carboxylic acids is 1. The molecule has 0 radical (unpaired) electrons. The molecule has 0 saturated heterocycles. The Bertz CT molecular complexity index is 406. The number of carboxylic acids is 1. The molecule has 100 valence electrons. The molecule has 0 bridgehead atoms. The summed E-state index contributed by atoms with van der Waals surface area (Å²) >= 11 is 1.80. The van der Waals surface area contributed by atoms with Crippen LogP contribution in [-0.2, 0) is 0 Å². The highest BCUT2D eigenvalue weighted by atomic mass is 32.2. The minimum Gasteiger partial charge on any atom is -0.475 e. The third-order valence-electron chi connectivity index (χ3n) is 2.26. The van der Waals surface area contributed by atoms with E-state index in [1.165, 1.54) is 0 Å². The number of amides is 1. The quantitative estimate of drug-likeness (QED) is 0.699. The van der Waals surface area contributed by atoms with Gasteiger partial charge in [0.1, 0.15) is 0 Å². The first-order valence-electron chi connectivity index (χ1n) is 5.62. The second kappa shape index (κ2) is 7.75. The molecule has 18 heavy (non-hydrogen) atoms. The number of carbonyl (C=O) groups excluding carboxylic acids is 1. The van der Waals surface area contributed by atoms with Crippen molar-refractivity contribution in [2.24, 2.45) is 0 Å². The maximum Gasteiger partial charge on any atom is 0.374 e. The lowest BCUT2D eigenvalue weighted by atomic mass is 10.2. The van der Waals surface area contributed by atoms with Crippen LogP contribution in [0.2, 0.25) is 0 Å². The number of carbonyl (C=O) groups is 2. The van der Waals surface area contributed by atoms with Crippen molar-refractivity contribution < 1.29 is 19.2 Å². The zero-order valence-electron chi connectivity index (χ0n) is 10.1. The van der Waals surface area contributed by atoms with Crippen LogP contribution in [0.25, 0.3) is 0 Å². The van der Waals surface area contributed by atoms with Crippen molar-refractivity contribution in [1.82, 2.24) is 10.5 Å². The van der Waals surface area contributed by atoms with Gasteiger partial charge in [-0.2, -0.15) is 11.8 Å². The second-order valence-electron chi connectivity index (χ2n) is 3.69. The highest BCUT2D eigenvalue weighted by molar-refractivity contribution is 7.98. The maximum absolute atomic E-state index is 11.5. The lowest BCUT2D eigenvalue weighted by Gasteiger charge is -2.02. The zero-order chi connectivity index (χ0) is 13.4. The molecule has 1 aromatic heterocycles. The molecule has 0 fully saturated rings. The van der Waals surface area contributed by atoms with E-state index in [-0.39, 0.29) is 11.5 Å². The first kappa shape index (κ1) is 14.6. The SMILES string of the molecule is CSCCCCCNC(=O)c1cc(C(=O)O)on1. The average Bonchev–Trinajstić information content (AvgIpc) is 2.83. The maximum atomic E-state index is 11.5. The first-order chi connectivity index (χ1) is 8.65. The standard InChI is InChI=1S/C11H16N2O4S/c1-18-6-4-2-3-5-12-10(14)8-7-9(11(15)16)17-13-8/h7H,2-6H2,1H3,(H,12,14)(H,15,16). The van der Waals surface area contributed by atoms with E-state index < -0.39 is 11.9 Å². The predicted molar refractivity (Wildman–Crippen MR) is 68.0 cm³/mol. The lowest BCUT2D eigenvalue weighted by molar-refractivity contribution is 0.0651. The van der Waals surface area contributed by atoms with Crippen LogP contribution >= 0.6 is 11.8 Å². The van der Waals surface area contributed by atoms with Gasteiger partial charge in [-0.3, -0.25) is 4.79 Å². The summed E-state index contributed by atoms with van der Waals surface area (Å²) < 4.78 is 4.49. The third-order valence-corrected chi connectivity index (χ3v) is 2.96. The Morgan fingerprint density at radius 1 is 1.44 bits per heavy atom. The number of thioether (sulfide) groups is 1. The highest BCUT2D eigenvalue weighted by Crippen LogP contribution is 2.04. The molecule has 1 aromatic rings. The summed E-state index contributed by atoms with van der Waals surface area (Å²) in [5.41, 5.74) is -0.00323. The number of carboxylic acid groups (broad SMARTS) is 1. The van der Waals surface area contributed by atoms with Crippen LogP contribution < -0.4 is 5.32 Å². The molecule has 0 unspecified atom stereocenters. The fourth-order valence-electron chi connectivity index (χ4n) is 1.32. The monoisotopic (exact) mass is 272 g/mol. The molecular formula is C11H16N2O4S. The molecule has 1 amide bonds. The number of rotatable bonds is 8. The Morgan fingerprint density at radius 2 is 2.22 bits per heavy atom. The normalized spacial score (nSPS) is 10.3. The van der Waals surface area contributed by atoms with Crippen LogP contribution in [0.4, 0.5) is 0 Å². The third kappa shape index (κ3) is 4.79. The summed E-state index contributed by atoms with van der Waals surface area (Å²) in [6, 6.07) is 1.12. The van der Waals surface area contributed by atoms with Crippen LogP contribution in [-0.4, -0.2) is 40.7 Å². The number of aromatic nitrogens is 1. The van der Waals surface area contributed by atoms with Crippen LogP contribution in [0, 0.1) is 0 Å². The Balaban J connectivity index is 2.25. The lowest BCUT2D eigenvalue weighted by Crippen LogP contribution is -2.24. The van der Waals surface area contributed by atoms with E-state index in [0.717, 1.165) is 31.1 Å². The number of nitrogens with one attached hydrogen (secondary N) is 1. The summed E-state index contributed by atoms with van der Waals surface area (Å²) in [6.45, 7) is 0.558. The molecule has 0 aliphatic carbocycles. The number of nitrogens with zero attached hydrogens (tertiary/aromatic N) is 1. The number of hydrogen-bond acceptors (Lipinski definition) is 5. The fourth-order valence-corrected chi connectivity index (χ4v) is 1.82. The summed E-state index contributed by atoms with van der Waals surface area (Å²) in [4.78, 5) is 22.1.